The summed E-state index contributed by atoms with van der Waals surface area (Å²) in [4.78, 5) is 26.2. The first-order valence-electron chi connectivity index (χ1n) is 10.4. The molecule has 0 amide bonds. The van der Waals surface area contributed by atoms with Gasteiger partial charge in [0.25, 0.3) is 0 Å². The first kappa shape index (κ1) is 20.4. The summed E-state index contributed by atoms with van der Waals surface area (Å²) in [5.41, 5.74) is 8.89. The van der Waals surface area contributed by atoms with Crippen LogP contribution in [0.1, 0.15) is 30.9 Å². The van der Waals surface area contributed by atoms with Crippen molar-refractivity contribution < 1.29 is 9.47 Å². The van der Waals surface area contributed by atoms with Crippen molar-refractivity contribution >= 4 is 17.0 Å². The fourth-order valence-electron chi connectivity index (χ4n) is 3.50. The fraction of sp³-hybridized carbons (Fsp3) is 0.476. The van der Waals surface area contributed by atoms with Gasteiger partial charge in [-0.3, -0.25) is 9.47 Å². The molecule has 0 radical (unpaired) electrons. The van der Waals surface area contributed by atoms with Gasteiger partial charge in [-0.2, -0.15) is 9.97 Å². The Morgan fingerprint density at radius 3 is 2.53 bits per heavy atom. The number of nitrogens with two attached hydrogens (primary N) is 1. The van der Waals surface area contributed by atoms with Crippen LogP contribution in [0.3, 0.4) is 0 Å². The van der Waals surface area contributed by atoms with E-state index in [-0.39, 0.29) is 17.5 Å². The highest BCUT2D eigenvalue weighted by atomic mass is 16.5. The predicted molar refractivity (Wildman–Crippen MR) is 115 cm³/mol. The molecule has 160 valence electrons. The van der Waals surface area contributed by atoms with Crippen LogP contribution < -0.4 is 16.2 Å². The third-order valence-corrected chi connectivity index (χ3v) is 5.23. The maximum Gasteiger partial charge on any atom is 0.328 e. The highest BCUT2D eigenvalue weighted by Crippen LogP contribution is 2.19. The van der Waals surface area contributed by atoms with Crippen LogP contribution in [0.5, 0.6) is 6.01 Å². The monoisotopic (exact) mass is 412 g/mol. The Balaban J connectivity index is 1.52. The SMILES string of the molecule is CCCCOc1nc(N)c2[nH]c(=O)n(Cc3ccc(CN4CCOCC4)cc3)c2n1. The van der Waals surface area contributed by atoms with Gasteiger partial charge in [-0.05, 0) is 17.5 Å². The zero-order chi connectivity index (χ0) is 20.9. The number of ether oxygens (including phenoxy) is 2. The lowest BCUT2D eigenvalue weighted by Crippen LogP contribution is -2.35. The summed E-state index contributed by atoms with van der Waals surface area (Å²) in [6.45, 7) is 7.37. The molecule has 0 aliphatic carbocycles. The van der Waals surface area contributed by atoms with Crippen LogP contribution in [0.25, 0.3) is 11.2 Å². The molecule has 0 spiro atoms. The Bertz CT molecular complexity index is 1040. The minimum atomic E-state index is -0.269. The van der Waals surface area contributed by atoms with Gasteiger partial charge in [0, 0.05) is 19.6 Å². The van der Waals surface area contributed by atoms with E-state index in [9.17, 15) is 4.79 Å². The standard InChI is InChI=1S/C21H28N6O3/c1-2-3-10-30-20-24-18(22)17-19(25-20)27(21(28)23-17)14-16-6-4-15(5-7-16)13-26-8-11-29-12-9-26/h4-7H,2-3,8-14H2,1H3,(H,23,28)(H2,22,24,25). The number of imidazole rings is 1. The number of benzene rings is 1. The molecule has 3 N–H and O–H groups in total. The van der Waals surface area contributed by atoms with E-state index in [1.807, 2.05) is 12.1 Å². The number of hydrogen-bond donors (Lipinski definition) is 2. The number of aromatic amines is 1. The van der Waals surface area contributed by atoms with E-state index >= 15 is 0 Å². The Hall–Kier alpha value is -2.91. The van der Waals surface area contributed by atoms with Crippen molar-refractivity contribution in [3.8, 4) is 6.01 Å². The van der Waals surface area contributed by atoms with Crippen LogP contribution in [0.15, 0.2) is 29.1 Å². The number of aromatic nitrogens is 4. The van der Waals surface area contributed by atoms with E-state index in [0.29, 0.717) is 24.3 Å². The summed E-state index contributed by atoms with van der Waals surface area (Å²) < 4.78 is 12.6. The van der Waals surface area contributed by atoms with Gasteiger partial charge in [-0.1, -0.05) is 37.6 Å². The van der Waals surface area contributed by atoms with Gasteiger partial charge in [0.15, 0.2) is 11.5 Å². The highest BCUT2D eigenvalue weighted by molar-refractivity contribution is 5.81. The van der Waals surface area contributed by atoms with Crippen LogP contribution in [-0.2, 0) is 17.8 Å². The molecule has 0 unspecified atom stereocenters. The minimum absolute atomic E-state index is 0.196. The molecular formula is C21H28N6O3. The van der Waals surface area contributed by atoms with Crippen molar-refractivity contribution in [2.24, 2.45) is 0 Å². The molecule has 1 fully saturated rings. The first-order valence-corrected chi connectivity index (χ1v) is 10.4. The van der Waals surface area contributed by atoms with Crippen LogP contribution in [-0.4, -0.2) is 57.3 Å². The van der Waals surface area contributed by atoms with E-state index in [1.54, 1.807) is 4.57 Å². The number of hydrogen-bond acceptors (Lipinski definition) is 7. The number of anilines is 1. The van der Waals surface area contributed by atoms with Crippen LogP contribution in [0.4, 0.5) is 5.82 Å². The van der Waals surface area contributed by atoms with E-state index < -0.39 is 0 Å². The summed E-state index contributed by atoms with van der Waals surface area (Å²) in [6, 6.07) is 8.50. The predicted octanol–water partition coefficient (Wildman–Crippen LogP) is 1.76. The van der Waals surface area contributed by atoms with Crippen molar-refractivity contribution in [2.45, 2.75) is 32.9 Å². The van der Waals surface area contributed by atoms with Crippen LogP contribution in [0.2, 0.25) is 0 Å². The quantitative estimate of drug-likeness (QED) is 0.542. The van der Waals surface area contributed by atoms with Gasteiger partial charge in [-0.25, -0.2) is 4.79 Å². The number of fused-ring (bicyclic) bond motifs is 1. The smallest absolute Gasteiger partial charge is 0.328 e. The minimum Gasteiger partial charge on any atom is -0.463 e. The molecule has 0 atom stereocenters. The van der Waals surface area contributed by atoms with Gasteiger partial charge in [0.05, 0.1) is 26.4 Å². The summed E-state index contributed by atoms with van der Waals surface area (Å²) >= 11 is 0. The molecule has 30 heavy (non-hydrogen) atoms. The second kappa shape index (κ2) is 9.27. The second-order valence-electron chi connectivity index (χ2n) is 7.51. The molecule has 3 heterocycles. The van der Waals surface area contributed by atoms with E-state index in [4.69, 9.17) is 15.2 Å². The van der Waals surface area contributed by atoms with Gasteiger partial charge in [-0.15, -0.1) is 0 Å². The number of nitrogens with one attached hydrogen (secondary N) is 1. The molecule has 4 rings (SSSR count). The lowest BCUT2D eigenvalue weighted by atomic mass is 10.1. The molecule has 1 aliphatic rings. The van der Waals surface area contributed by atoms with Gasteiger partial charge >= 0.3 is 11.7 Å². The van der Waals surface area contributed by atoms with Crippen molar-refractivity contribution in [1.29, 1.82) is 0 Å². The maximum absolute atomic E-state index is 12.5. The van der Waals surface area contributed by atoms with Crippen LogP contribution >= 0.6 is 0 Å². The molecule has 1 aliphatic heterocycles. The van der Waals surface area contributed by atoms with Crippen LogP contribution in [0, 0.1) is 0 Å². The molecule has 1 aromatic carbocycles. The van der Waals surface area contributed by atoms with E-state index in [0.717, 1.165) is 51.3 Å². The van der Waals surface area contributed by atoms with Crippen molar-refractivity contribution in [2.75, 3.05) is 38.6 Å². The zero-order valence-corrected chi connectivity index (χ0v) is 17.3. The fourth-order valence-corrected chi connectivity index (χ4v) is 3.50. The Morgan fingerprint density at radius 1 is 1.13 bits per heavy atom. The molecular weight excluding hydrogens is 384 g/mol. The Morgan fingerprint density at radius 2 is 1.83 bits per heavy atom. The van der Waals surface area contributed by atoms with Crippen molar-refractivity contribution in [1.82, 2.24) is 24.4 Å². The third kappa shape index (κ3) is 4.63. The van der Waals surface area contributed by atoms with E-state index in [2.05, 4.69) is 38.9 Å². The summed E-state index contributed by atoms with van der Waals surface area (Å²) in [7, 11) is 0. The highest BCUT2D eigenvalue weighted by Gasteiger charge is 2.15. The Kier molecular flexibility index (Phi) is 6.29. The van der Waals surface area contributed by atoms with Gasteiger partial charge in [0.2, 0.25) is 0 Å². The normalized spacial score (nSPS) is 15.0. The Labute approximate surface area is 174 Å². The second-order valence-corrected chi connectivity index (χ2v) is 7.51. The number of unbranched alkanes of at least 4 members (excludes halogenated alkanes) is 1. The number of H-pyrrole nitrogens is 1. The molecule has 0 bridgehead atoms. The third-order valence-electron chi connectivity index (χ3n) is 5.23. The van der Waals surface area contributed by atoms with Gasteiger partial charge in [0.1, 0.15) is 5.52 Å². The average Bonchev–Trinajstić information content (AvgIpc) is 3.06. The summed E-state index contributed by atoms with van der Waals surface area (Å²) in [6.07, 6.45) is 1.91. The summed E-state index contributed by atoms with van der Waals surface area (Å²) in [5, 5.41) is 0. The molecule has 1 saturated heterocycles. The maximum atomic E-state index is 12.5. The van der Waals surface area contributed by atoms with Crippen molar-refractivity contribution in [3.63, 3.8) is 0 Å². The van der Waals surface area contributed by atoms with Crippen molar-refractivity contribution in [3.05, 3.63) is 45.9 Å². The average molecular weight is 412 g/mol. The lowest BCUT2D eigenvalue weighted by Gasteiger charge is -2.26. The molecule has 2 aromatic heterocycles. The molecule has 9 nitrogen and oxygen atoms in total. The molecule has 3 aromatic rings. The topological polar surface area (TPSA) is 111 Å². The first-order chi connectivity index (χ1) is 14.6. The lowest BCUT2D eigenvalue weighted by molar-refractivity contribution is 0.0342. The number of nitrogens with zero attached hydrogens (tertiary/aromatic N) is 4. The van der Waals surface area contributed by atoms with E-state index in [1.165, 1.54) is 5.56 Å². The number of nitrogen functional groups attached to an aromatic ring is 1. The molecule has 9 heteroatoms. The zero-order valence-electron chi connectivity index (χ0n) is 17.3. The number of morpholine rings is 1. The largest absolute Gasteiger partial charge is 0.463 e. The molecule has 0 saturated carbocycles. The summed E-state index contributed by atoms with van der Waals surface area (Å²) in [5.74, 6) is 0.211. The number of rotatable bonds is 8. The van der Waals surface area contributed by atoms with Gasteiger partial charge < -0.3 is 20.2 Å².